The lowest BCUT2D eigenvalue weighted by Gasteiger charge is -2.17. The average Bonchev–Trinajstić information content (AvgIpc) is 2.82. The number of hydrogen-bond donors (Lipinski definition) is 1. The highest BCUT2D eigenvalue weighted by molar-refractivity contribution is 5.76. The zero-order valence-corrected chi connectivity index (χ0v) is 15.0. The zero-order chi connectivity index (χ0) is 17.8. The molecule has 1 amide bonds. The van der Waals surface area contributed by atoms with Crippen molar-refractivity contribution < 1.29 is 4.79 Å². The van der Waals surface area contributed by atoms with Gasteiger partial charge in [0, 0.05) is 23.9 Å². The minimum absolute atomic E-state index is 0.115. The van der Waals surface area contributed by atoms with Crippen LogP contribution >= 0.6 is 0 Å². The van der Waals surface area contributed by atoms with Gasteiger partial charge in [0.1, 0.15) is 11.6 Å². The van der Waals surface area contributed by atoms with E-state index in [1.807, 2.05) is 13.8 Å². The summed E-state index contributed by atoms with van der Waals surface area (Å²) in [5.41, 5.74) is 3.92. The van der Waals surface area contributed by atoms with Gasteiger partial charge >= 0.3 is 0 Å². The number of aryl methyl sites for hydroxylation is 2. The van der Waals surface area contributed by atoms with Gasteiger partial charge in [-0.15, -0.1) is 0 Å². The third-order valence-corrected chi connectivity index (χ3v) is 5.15. The Balaban J connectivity index is 1.68. The van der Waals surface area contributed by atoms with E-state index in [1.54, 1.807) is 4.52 Å². The van der Waals surface area contributed by atoms with Crippen molar-refractivity contribution in [2.24, 2.45) is 0 Å². The highest BCUT2D eigenvalue weighted by Crippen LogP contribution is 2.19. The molecule has 3 rings (SSSR count). The SMILES string of the molecule is Cc1nc2c(C#N)cnn2c(C)c1CCC(=O)NC1CCCCCC1. The fraction of sp³-hybridized carbons (Fsp3) is 0.579. The summed E-state index contributed by atoms with van der Waals surface area (Å²) in [4.78, 5) is 16.9. The Kier molecular flexibility index (Phi) is 5.32. The summed E-state index contributed by atoms with van der Waals surface area (Å²) in [6, 6.07) is 2.45. The van der Waals surface area contributed by atoms with E-state index in [0.717, 1.165) is 29.8 Å². The number of aromatic nitrogens is 3. The number of nitrogens with zero attached hydrogens (tertiary/aromatic N) is 4. The van der Waals surface area contributed by atoms with Gasteiger partial charge in [0.2, 0.25) is 5.91 Å². The van der Waals surface area contributed by atoms with Crippen LogP contribution in [-0.2, 0) is 11.2 Å². The van der Waals surface area contributed by atoms with Gasteiger partial charge in [-0.3, -0.25) is 4.79 Å². The van der Waals surface area contributed by atoms with Crippen LogP contribution in [0.1, 0.15) is 67.5 Å². The summed E-state index contributed by atoms with van der Waals surface area (Å²) in [5.74, 6) is 0.115. The lowest BCUT2D eigenvalue weighted by molar-refractivity contribution is -0.121. The van der Waals surface area contributed by atoms with Crippen LogP contribution in [0.4, 0.5) is 0 Å². The number of nitrogens with one attached hydrogen (secondary N) is 1. The summed E-state index contributed by atoms with van der Waals surface area (Å²) >= 11 is 0. The number of carbonyl (C=O) groups is 1. The van der Waals surface area contributed by atoms with Crippen LogP contribution in [-0.4, -0.2) is 26.5 Å². The maximum atomic E-state index is 12.3. The molecule has 2 aromatic rings. The normalized spacial score (nSPS) is 15.7. The van der Waals surface area contributed by atoms with E-state index < -0.39 is 0 Å². The van der Waals surface area contributed by atoms with Gasteiger partial charge in [-0.05, 0) is 38.7 Å². The van der Waals surface area contributed by atoms with Crippen molar-refractivity contribution in [2.45, 2.75) is 71.3 Å². The molecule has 1 aliphatic rings. The molecule has 0 atom stereocenters. The van der Waals surface area contributed by atoms with Gasteiger partial charge in [-0.25, -0.2) is 9.50 Å². The fourth-order valence-electron chi connectivity index (χ4n) is 3.71. The van der Waals surface area contributed by atoms with E-state index in [2.05, 4.69) is 21.5 Å². The lowest BCUT2D eigenvalue weighted by atomic mass is 10.0. The highest BCUT2D eigenvalue weighted by Gasteiger charge is 2.17. The molecular formula is C19H25N5O. The van der Waals surface area contributed by atoms with Crippen LogP contribution in [0.15, 0.2) is 6.20 Å². The van der Waals surface area contributed by atoms with Crippen molar-refractivity contribution in [1.29, 1.82) is 5.26 Å². The quantitative estimate of drug-likeness (QED) is 0.868. The third kappa shape index (κ3) is 3.81. The zero-order valence-electron chi connectivity index (χ0n) is 15.0. The van der Waals surface area contributed by atoms with Gasteiger partial charge in [0.05, 0.1) is 6.20 Å². The van der Waals surface area contributed by atoms with E-state index in [4.69, 9.17) is 5.26 Å². The van der Waals surface area contributed by atoms with Crippen molar-refractivity contribution in [3.8, 4) is 6.07 Å². The monoisotopic (exact) mass is 339 g/mol. The molecule has 0 aromatic carbocycles. The minimum Gasteiger partial charge on any atom is -0.353 e. The van der Waals surface area contributed by atoms with E-state index in [1.165, 1.54) is 31.9 Å². The summed E-state index contributed by atoms with van der Waals surface area (Å²) in [6.07, 6.45) is 9.82. The molecule has 0 spiro atoms. The Morgan fingerprint density at radius 1 is 1.32 bits per heavy atom. The summed E-state index contributed by atoms with van der Waals surface area (Å²) in [6.45, 7) is 3.90. The number of amides is 1. The topological polar surface area (TPSA) is 83.1 Å². The van der Waals surface area contributed by atoms with Crippen LogP contribution in [0.5, 0.6) is 0 Å². The molecule has 132 valence electrons. The molecule has 1 fully saturated rings. The highest BCUT2D eigenvalue weighted by atomic mass is 16.1. The first-order valence-corrected chi connectivity index (χ1v) is 9.13. The number of nitriles is 1. The van der Waals surface area contributed by atoms with Crippen molar-refractivity contribution >= 4 is 11.6 Å². The van der Waals surface area contributed by atoms with Gasteiger partial charge in [0.25, 0.3) is 0 Å². The average molecular weight is 339 g/mol. The van der Waals surface area contributed by atoms with Crippen molar-refractivity contribution in [2.75, 3.05) is 0 Å². The van der Waals surface area contributed by atoms with Gasteiger partial charge in [-0.1, -0.05) is 25.7 Å². The van der Waals surface area contributed by atoms with Gasteiger partial charge in [-0.2, -0.15) is 10.4 Å². The molecule has 1 saturated carbocycles. The molecule has 0 aliphatic heterocycles. The third-order valence-electron chi connectivity index (χ3n) is 5.15. The second-order valence-electron chi connectivity index (χ2n) is 6.92. The lowest BCUT2D eigenvalue weighted by Crippen LogP contribution is -2.34. The fourth-order valence-corrected chi connectivity index (χ4v) is 3.71. The first-order valence-electron chi connectivity index (χ1n) is 9.13. The van der Waals surface area contributed by atoms with Crippen molar-refractivity contribution in [3.05, 3.63) is 28.7 Å². The first kappa shape index (κ1) is 17.4. The van der Waals surface area contributed by atoms with Crippen molar-refractivity contribution in [3.63, 3.8) is 0 Å². The molecular weight excluding hydrogens is 314 g/mol. The molecule has 0 bridgehead atoms. The smallest absolute Gasteiger partial charge is 0.220 e. The van der Waals surface area contributed by atoms with Crippen molar-refractivity contribution in [1.82, 2.24) is 19.9 Å². The molecule has 1 N–H and O–H groups in total. The Morgan fingerprint density at radius 3 is 2.72 bits per heavy atom. The second-order valence-corrected chi connectivity index (χ2v) is 6.92. The molecule has 6 nitrogen and oxygen atoms in total. The number of fused-ring (bicyclic) bond motifs is 1. The molecule has 1 aliphatic carbocycles. The number of rotatable bonds is 4. The summed E-state index contributed by atoms with van der Waals surface area (Å²) in [7, 11) is 0. The Labute approximate surface area is 148 Å². The Hall–Kier alpha value is -2.42. The van der Waals surface area contributed by atoms with E-state index >= 15 is 0 Å². The van der Waals surface area contributed by atoms with Crippen LogP contribution in [0.2, 0.25) is 0 Å². The van der Waals surface area contributed by atoms with E-state index in [-0.39, 0.29) is 5.91 Å². The van der Waals surface area contributed by atoms with Crippen LogP contribution in [0.25, 0.3) is 5.65 Å². The molecule has 0 radical (unpaired) electrons. The van der Waals surface area contributed by atoms with Gasteiger partial charge < -0.3 is 5.32 Å². The number of carbonyl (C=O) groups excluding carboxylic acids is 1. The number of hydrogen-bond acceptors (Lipinski definition) is 4. The predicted molar refractivity (Wildman–Crippen MR) is 95.1 cm³/mol. The molecule has 25 heavy (non-hydrogen) atoms. The van der Waals surface area contributed by atoms with E-state index in [0.29, 0.717) is 30.1 Å². The standard InChI is InChI=1S/C19H25N5O/c1-13-17(14(2)24-19(22-13)15(11-20)12-21-24)9-10-18(25)23-16-7-5-3-4-6-8-16/h12,16H,3-10H2,1-2H3,(H,23,25). The molecule has 0 unspecified atom stereocenters. The maximum Gasteiger partial charge on any atom is 0.220 e. The van der Waals surface area contributed by atoms with Gasteiger partial charge in [0.15, 0.2) is 5.65 Å². The molecule has 6 heteroatoms. The van der Waals surface area contributed by atoms with E-state index in [9.17, 15) is 4.79 Å². The summed E-state index contributed by atoms with van der Waals surface area (Å²) < 4.78 is 1.70. The Morgan fingerprint density at radius 2 is 2.04 bits per heavy atom. The van der Waals surface area contributed by atoms with Crippen LogP contribution < -0.4 is 5.32 Å². The molecule has 2 heterocycles. The predicted octanol–water partition coefficient (Wildman–Crippen LogP) is 2.99. The molecule has 0 saturated heterocycles. The maximum absolute atomic E-state index is 12.3. The van der Waals surface area contributed by atoms with Crippen LogP contribution in [0.3, 0.4) is 0 Å². The first-order chi connectivity index (χ1) is 12.1. The molecule has 2 aromatic heterocycles. The minimum atomic E-state index is 0.115. The largest absolute Gasteiger partial charge is 0.353 e. The summed E-state index contributed by atoms with van der Waals surface area (Å²) in [5, 5.41) is 16.6. The Bertz CT molecular complexity index is 809. The van der Waals surface area contributed by atoms with Crippen LogP contribution in [0, 0.1) is 25.2 Å². The second kappa shape index (κ2) is 7.64.